The maximum absolute atomic E-state index is 2.51. The van der Waals surface area contributed by atoms with Crippen LogP contribution in [0.3, 0.4) is 0 Å². The maximum Gasteiger partial charge on any atom is -0.0354 e. The second-order valence-electron chi connectivity index (χ2n) is 12.3. The second kappa shape index (κ2) is 20.6. The molecule has 0 heteroatoms. The quantitative estimate of drug-likeness (QED) is 0.132. The molecule has 31 heavy (non-hydrogen) atoms. The number of unbranched alkanes of at least 4 members (excludes halogenated alkanes) is 17. The van der Waals surface area contributed by atoms with Gasteiger partial charge in [-0.05, 0) is 30.1 Å². The van der Waals surface area contributed by atoms with Crippen LogP contribution in [0, 0.1) is 10.8 Å². The standard InChI is InChI=1S/C31H64/c1-7-9-10-11-18-22-25-28-31(5,6)29-26-23-20-17-15-13-12-14-16-19-21-24-27-30(3,4)8-2/h7-29H2,1-6H3. The molecule has 0 fully saturated rings. The van der Waals surface area contributed by atoms with Crippen LogP contribution in [-0.2, 0) is 0 Å². The minimum atomic E-state index is 0.573. The Bertz CT molecular complexity index is 351. The van der Waals surface area contributed by atoms with Crippen molar-refractivity contribution in [3.05, 3.63) is 0 Å². The molecule has 0 heterocycles. The molecule has 0 aliphatic carbocycles. The molecule has 0 unspecified atom stereocenters. The number of rotatable bonds is 24. The van der Waals surface area contributed by atoms with Crippen molar-refractivity contribution in [2.45, 2.75) is 189 Å². The maximum atomic E-state index is 2.51. The number of hydrogen-bond donors (Lipinski definition) is 0. The highest BCUT2D eigenvalue weighted by molar-refractivity contribution is 4.69. The topological polar surface area (TPSA) is 0 Å². The van der Waals surface area contributed by atoms with Crippen molar-refractivity contribution in [3.8, 4) is 0 Å². The summed E-state index contributed by atoms with van der Waals surface area (Å²) in [6, 6.07) is 0. The lowest BCUT2D eigenvalue weighted by atomic mass is 9.82. The lowest BCUT2D eigenvalue weighted by Crippen LogP contribution is -2.11. The molecule has 0 rings (SSSR count). The molecule has 0 amide bonds. The summed E-state index contributed by atoms with van der Waals surface area (Å²) in [7, 11) is 0. The molecule has 188 valence electrons. The van der Waals surface area contributed by atoms with Crippen molar-refractivity contribution < 1.29 is 0 Å². The monoisotopic (exact) mass is 437 g/mol. The molecular formula is C31H64. The number of hydrogen-bond acceptors (Lipinski definition) is 0. The highest BCUT2D eigenvalue weighted by atomic mass is 14.2. The third kappa shape index (κ3) is 23.0. The van der Waals surface area contributed by atoms with Gasteiger partial charge >= 0.3 is 0 Å². The third-order valence-corrected chi connectivity index (χ3v) is 7.87. The van der Waals surface area contributed by atoms with Crippen LogP contribution in [0.1, 0.15) is 189 Å². The van der Waals surface area contributed by atoms with E-state index in [2.05, 4.69) is 41.5 Å². The van der Waals surface area contributed by atoms with Gasteiger partial charge in [0.15, 0.2) is 0 Å². The van der Waals surface area contributed by atoms with Crippen LogP contribution < -0.4 is 0 Å². The smallest absolute Gasteiger partial charge is 0.0354 e. The van der Waals surface area contributed by atoms with Crippen molar-refractivity contribution in [2.75, 3.05) is 0 Å². The van der Waals surface area contributed by atoms with E-state index in [0.717, 1.165) is 0 Å². The van der Waals surface area contributed by atoms with Crippen molar-refractivity contribution in [1.82, 2.24) is 0 Å². The molecule has 0 aromatic carbocycles. The summed E-state index contributed by atoms with van der Waals surface area (Å²) in [5.74, 6) is 0. The fourth-order valence-electron chi connectivity index (χ4n) is 4.84. The van der Waals surface area contributed by atoms with E-state index < -0.39 is 0 Å². The van der Waals surface area contributed by atoms with Crippen LogP contribution in [0.25, 0.3) is 0 Å². The van der Waals surface area contributed by atoms with Gasteiger partial charge in [0.05, 0.1) is 0 Å². The molecule has 0 aliphatic heterocycles. The van der Waals surface area contributed by atoms with E-state index in [4.69, 9.17) is 0 Å². The van der Waals surface area contributed by atoms with Gasteiger partial charge in [-0.2, -0.15) is 0 Å². The lowest BCUT2D eigenvalue weighted by Gasteiger charge is -2.24. The molecule has 0 atom stereocenters. The van der Waals surface area contributed by atoms with Gasteiger partial charge in [0.2, 0.25) is 0 Å². The van der Waals surface area contributed by atoms with E-state index >= 15 is 0 Å². The van der Waals surface area contributed by atoms with Crippen molar-refractivity contribution in [3.63, 3.8) is 0 Å². The molecule has 0 bridgehead atoms. The first kappa shape index (κ1) is 31.0. The largest absolute Gasteiger partial charge is 0.0654 e. The van der Waals surface area contributed by atoms with E-state index in [-0.39, 0.29) is 0 Å². The van der Waals surface area contributed by atoms with E-state index in [9.17, 15) is 0 Å². The first-order valence-electron chi connectivity index (χ1n) is 14.8. The van der Waals surface area contributed by atoms with E-state index in [1.54, 1.807) is 0 Å². The summed E-state index contributed by atoms with van der Waals surface area (Å²) in [5.41, 5.74) is 1.15. The predicted octanol–water partition coefficient (Wildman–Crippen LogP) is 12.1. The van der Waals surface area contributed by atoms with E-state index in [1.165, 1.54) is 148 Å². The Hall–Kier alpha value is 0. The van der Waals surface area contributed by atoms with Crippen LogP contribution >= 0.6 is 0 Å². The zero-order valence-corrected chi connectivity index (χ0v) is 23.3. The average molecular weight is 437 g/mol. The Kier molecular flexibility index (Phi) is 20.6. The predicted molar refractivity (Wildman–Crippen MR) is 145 cm³/mol. The van der Waals surface area contributed by atoms with Gasteiger partial charge in [0.25, 0.3) is 0 Å². The van der Waals surface area contributed by atoms with E-state index in [0.29, 0.717) is 10.8 Å². The first-order chi connectivity index (χ1) is 14.8. The van der Waals surface area contributed by atoms with Crippen LogP contribution in [0.4, 0.5) is 0 Å². The summed E-state index contributed by atoms with van der Waals surface area (Å²) >= 11 is 0. The second-order valence-corrected chi connectivity index (χ2v) is 12.3. The Labute approximate surface area is 200 Å². The van der Waals surface area contributed by atoms with Gasteiger partial charge in [-0.25, -0.2) is 0 Å². The normalized spacial score (nSPS) is 12.6. The average Bonchev–Trinajstić information content (AvgIpc) is 2.73. The first-order valence-corrected chi connectivity index (χ1v) is 14.8. The highest BCUT2D eigenvalue weighted by Gasteiger charge is 2.16. The fraction of sp³-hybridized carbons (Fsp3) is 1.00. The lowest BCUT2D eigenvalue weighted by molar-refractivity contribution is 0.282. The van der Waals surface area contributed by atoms with Gasteiger partial charge in [-0.15, -0.1) is 0 Å². The molecule has 0 aromatic heterocycles. The summed E-state index contributed by atoms with van der Waals surface area (Å²) in [6.45, 7) is 14.5. The molecule has 0 radical (unpaired) electrons. The minimum Gasteiger partial charge on any atom is -0.0654 e. The van der Waals surface area contributed by atoms with Crippen molar-refractivity contribution >= 4 is 0 Å². The Morgan fingerprint density at radius 3 is 0.871 bits per heavy atom. The fourth-order valence-corrected chi connectivity index (χ4v) is 4.84. The van der Waals surface area contributed by atoms with E-state index in [1.807, 2.05) is 0 Å². The van der Waals surface area contributed by atoms with Crippen LogP contribution in [-0.4, -0.2) is 0 Å². The molecule has 0 nitrogen and oxygen atoms in total. The molecule has 0 saturated heterocycles. The molecule has 0 saturated carbocycles. The summed E-state index contributed by atoms with van der Waals surface area (Å²) in [6.07, 6.45) is 33.3. The Morgan fingerprint density at radius 1 is 0.323 bits per heavy atom. The zero-order chi connectivity index (χ0) is 23.3. The molecule has 0 aliphatic rings. The Balaban J connectivity index is 3.32. The minimum absolute atomic E-state index is 0.573. The summed E-state index contributed by atoms with van der Waals surface area (Å²) in [5, 5.41) is 0. The van der Waals surface area contributed by atoms with Gasteiger partial charge < -0.3 is 0 Å². The van der Waals surface area contributed by atoms with Crippen molar-refractivity contribution in [2.24, 2.45) is 10.8 Å². The van der Waals surface area contributed by atoms with Crippen LogP contribution in [0.5, 0.6) is 0 Å². The van der Waals surface area contributed by atoms with Gasteiger partial charge in [0.1, 0.15) is 0 Å². The molecule has 0 aromatic rings. The van der Waals surface area contributed by atoms with Crippen LogP contribution in [0.15, 0.2) is 0 Å². The third-order valence-electron chi connectivity index (χ3n) is 7.87. The SMILES string of the molecule is CCCCCCCCCC(C)(C)CCCCCCCCCCCCCCC(C)(C)CC. The van der Waals surface area contributed by atoms with Crippen molar-refractivity contribution in [1.29, 1.82) is 0 Å². The summed E-state index contributed by atoms with van der Waals surface area (Å²) in [4.78, 5) is 0. The van der Waals surface area contributed by atoms with Gasteiger partial charge in [-0.3, -0.25) is 0 Å². The molecule has 0 N–H and O–H groups in total. The summed E-state index contributed by atoms with van der Waals surface area (Å²) < 4.78 is 0. The zero-order valence-electron chi connectivity index (χ0n) is 23.3. The van der Waals surface area contributed by atoms with Gasteiger partial charge in [-0.1, -0.05) is 170 Å². The Morgan fingerprint density at radius 2 is 0.581 bits per heavy atom. The molecular weight excluding hydrogens is 372 g/mol. The van der Waals surface area contributed by atoms with Crippen LogP contribution in [0.2, 0.25) is 0 Å². The molecule has 0 spiro atoms. The highest BCUT2D eigenvalue weighted by Crippen LogP contribution is 2.31. The van der Waals surface area contributed by atoms with Gasteiger partial charge in [0, 0.05) is 0 Å².